The highest BCUT2D eigenvalue weighted by atomic mass is 16.4. The van der Waals surface area contributed by atoms with Crippen LogP contribution in [-0.2, 0) is 9.59 Å². The second kappa shape index (κ2) is 9.22. The summed E-state index contributed by atoms with van der Waals surface area (Å²) < 4.78 is 0. The number of hydrogen-bond donors (Lipinski definition) is 3. The van der Waals surface area contributed by atoms with E-state index in [9.17, 15) is 9.59 Å². The second-order valence-corrected chi connectivity index (χ2v) is 5.57. The van der Waals surface area contributed by atoms with Crippen LogP contribution >= 0.6 is 0 Å². The largest absolute Gasteiger partial charge is 0.481 e. The first-order chi connectivity index (χ1) is 12.0. The van der Waals surface area contributed by atoms with Gasteiger partial charge in [-0.2, -0.15) is 5.10 Å². The topological polar surface area (TPSA) is 90.8 Å². The Bertz CT molecular complexity index is 740. The molecule has 0 saturated carbocycles. The summed E-state index contributed by atoms with van der Waals surface area (Å²) in [5.74, 6) is -1.21. The van der Waals surface area contributed by atoms with Crippen LogP contribution in [-0.4, -0.2) is 29.2 Å². The molecule has 0 aromatic heterocycles. The van der Waals surface area contributed by atoms with Gasteiger partial charge >= 0.3 is 5.97 Å². The van der Waals surface area contributed by atoms with Crippen molar-refractivity contribution in [2.75, 3.05) is 11.9 Å². The summed E-state index contributed by atoms with van der Waals surface area (Å²) in [5.41, 5.74) is 5.79. The van der Waals surface area contributed by atoms with E-state index in [4.69, 9.17) is 5.11 Å². The Kier molecular flexibility index (Phi) is 6.71. The summed E-state index contributed by atoms with van der Waals surface area (Å²) in [7, 11) is 0. The maximum Gasteiger partial charge on any atom is 0.303 e. The highest BCUT2D eigenvalue weighted by molar-refractivity contribution is 6.02. The summed E-state index contributed by atoms with van der Waals surface area (Å²) in [6, 6.07) is 16.9. The number of carbonyl (C=O) groups is 2. The van der Waals surface area contributed by atoms with Crippen LogP contribution in [0.25, 0.3) is 0 Å². The van der Waals surface area contributed by atoms with Crippen molar-refractivity contribution < 1.29 is 14.7 Å². The number of aryl methyl sites for hydroxylation is 1. The Labute approximate surface area is 146 Å². The summed E-state index contributed by atoms with van der Waals surface area (Å²) in [6.07, 6.45) is 0.191. The SMILES string of the molecule is Cc1ccc(NCC(=O)N/N=C(/CCC(=O)O)c2ccccc2)cc1. The van der Waals surface area contributed by atoms with Crippen molar-refractivity contribution in [1.82, 2.24) is 5.43 Å². The molecule has 25 heavy (non-hydrogen) atoms. The zero-order valence-corrected chi connectivity index (χ0v) is 14.0. The van der Waals surface area contributed by atoms with Crippen LogP contribution in [0.3, 0.4) is 0 Å². The fourth-order valence-electron chi connectivity index (χ4n) is 2.14. The Balaban J connectivity index is 1.95. The van der Waals surface area contributed by atoms with Gasteiger partial charge in [0, 0.05) is 12.1 Å². The minimum Gasteiger partial charge on any atom is -0.481 e. The molecule has 0 fully saturated rings. The van der Waals surface area contributed by atoms with E-state index in [1.165, 1.54) is 0 Å². The van der Waals surface area contributed by atoms with Crippen molar-refractivity contribution in [3.8, 4) is 0 Å². The molecule has 0 saturated heterocycles. The molecule has 0 aliphatic heterocycles. The zero-order chi connectivity index (χ0) is 18.1. The fraction of sp³-hybridized carbons (Fsp3) is 0.211. The lowest BCUT2D eigenvalue weighted by atomic mass is 10.1. The molecule has 2 aromatic rings. The van der Waals surface area contributed by atoms with Gasteiger partial charge < -0.3 is 10.4 Å². The molecular formula is C19H21N3O3. The number of carboxylic acid groups (broad SMARTS) is 1. The lowest BCUT2D eigenvalue weighted by Gasteiger charge is -2.08. The van der Waals surface area contributed by atoms with Crippen LogP contribution in [0.1, 0.15) is 24.0 Å². The van der Waals surface area contributed by atoms with Crippen molar-refractivity contribution in [3.05, 3.63) is 65.7 Å². The Morgan fingerprint density at radius 2 is 1.68 bits per heavy atom. The number of carboxylic acids is 1. The van der Waals surface area contributed by atoms with Gasteiger partial charge in [0.15, 0.2) is 0 Å². The quantitative estimate of drug-likeness (QED) is 0.509. The minimum atomic E-state index is -0.906. The average molecular weight is 339 g/mol. The highest BCUT2D eigenvalue weighted by Gasteiger charge is 2.08. The number of aliphatic carboxylic acids is 1. The molecular weight excluding hydrogens is 318 g/mol. The van der Waals surface area contributed by atoms with E-state index in [0.717, 1.165) is 16.8 Å². The fourth-order valence-corrected chi connectivity index (χ4v) is 2.14. The number of nitrogens with one attached hydrogen (secondary N) is 2. The van der Waals surface area contributed by atoms with Crippen LogP contribution < -0.4 is 10.7 Å². The van der Waals surface area contributed by atoms with Crippen molar-refractivity contribution in [3.63, 3.8) is 0 Å². The van der Waals surface area contributed by atoms with Gasteiger partial charge in [0.25, 0.3) is 5.91 Å². The number of hydrazone groups is 1. The molecule has 0 aliphatic carbocycles. The molecule has 2 rings (SSSR count). The third-order valence-corrected chi connectivity index (χ3v) is 3.50. The standard InChI is InChI=1S/C19H21N3O3/c1-14-7-9-16(10-8-14)20-13-18(23)22-21-17(11-12-19(24)25)15-5-3-2-4-6-15/h2-10,20H,11-13H2,1H3,(H,22,23)(H,24,25)/b21-17-. The number of nitrogens with zero attached hydrogens (tertiary/aromatic N) is 1. The van der Waals surface area contributed by atoms with E-state index in [1.807, 2.05) is 61.5 Å². The van der Waals surface area contributed by atoms with Crippen molar-refractivity contribution in [2.45, 2.75) is 19.8 Å². The number of anilines is 1. The van der Waals surface area contributed by atoms with Crippen LogP contribution in [0.15, 0.2) is 59.7 Å². The molecule has 130 valence electrons. The third-order valence-electron chi connectivity index (χ3n) is 3.50. The van der Waals surface area contributed by atoms with E-state index in [2.05, 4.69) is 15.8 Å². The maximum absolute atomic E-state index is 12.0. The van der Waals surface area contributed by atoms with E-state index < -0.39 is 5.97 Å². The van der Waals surface area contributed by atoms with Gasteiger partial charge in [-0.25, -0.2) is 5.43 Å². The number of benzene rings is 2. The monoisotopic (exact) mass is 339 g/mol. The van der Waals surface area contributed by atoms with Crippen molar-refractivity contribution >= 4 is 23.3 Å². The molecule has 0 heterocycles. The molecule has 2 aromatic carbocycles. The molecule has 0 aliphatic rings. The number of hydrogen-bond acceptors (Lipinski definition) is 4. The summed E-state index contributed by atoms with van der Waals surface area (Å²) in [6.45, 7) is 2.07. The molecule has 1 amide bonds. The van der Waals surface area contributed by atoms with Crippen LogP contribution in [0.5, 0.6) is 0 Å². The van der Waals surface area contributed by atoms with Crippen LogP contribution in [0, 0.1) is 6.92 Å². The number of amides is 1. The normalized spacial score (nSPS) is 11.0. The Morgan fingerprint density at radius 1 is 1.00 bits per heavy atom. The molecule has 0 spiro atoms. The number of carbonyl (C=O) groups excluding carboxylic acids is 1. The van der Waals surface area contributed by atoms with Gasteiger partial charge in [-0.1, -0.05) is 48.0 Å². The van der Waals surface area contributed by atoms with Gasteiger partial charge in [0.1, 0.15) is 0 Å². The maximum atomic E-state index is 12.0. The molecule has 0 unspecified atom stereocenters. The van der Waals surface area contributed by atoms with Crippen molar-refractivity contribution in [2.24, 2.45) is 5.10 Å². The molecule has 0 atom stereocenters. The van der Waals surface area contributed by atoms with Crippen molar-refractivity contribution in [1.29, 1.82) is 0 Å². The van der Waals surface area contributed by atoms with E-state index in [0.29, 0.717) is 5.71 Å². The molecule has 0 radical (unpaired) electrons. The zero-order valence-electron chi connectivity index (χ0n) is 14.0. The third kappa shape index (κ3) is 6.47. The second-order valence-electron chi connectivity index (χ2n) is 5.57. The summed E-state index contributed by atoms with van der Waals surface area (Å²) in [5, 5.41) is 16.0. The Hall–Kier alpha value is -3.15. The molecule has 3 N–H and O–H groups in total. The van der Waals surface area contributed by atoms with E-state index in [1.54, 1.807) is 0 Å². The van der Waals surface area contributed by atoms with E-state index >= 15 is 0 Å². The Morgan fingerprint density at radius 3 is 2.32 bits per heavy atom. The first-order valence-electron chi connectivity index (χ1n) is 7.98. The van der Waals surface area contributed by atoms with Gasteiger partial charge in [-0.05, 0) is 24.6 Å². The predicted octanol–water partition coefficient (Wildman–Crippen LogP) is 2.79. The lowest BCUT2D eigenvalue weighted by Crippen LogP contribution is -2.27. The van der Waals surface area contributed by atoms with Gasteiger partial charge in [0.2, 0.25) is 0 Å². The van der Waals surface area contributed by atoms with Crippen LogP contribution in [0.4, 0.5) is 5.69 Å². The van der Waals surface area contributed by atoms with Gasteiger partial charge in [-0.3, -0.25) is 9.59 Å². The minimum absolute atomic E-state index is 0.0504. The predicted molar refractivity (Wildman–Crippen MR) is 97.7 cm³/mol. The van der Waals surface area contributed by atoms with Gasteiger partial charge in [0.05, 0.1) is 18.7 Å². The van der Waals surface area contributed by atoms with Crippen LogP contribution in [0.2, 0.25) is 0 Å². The molecule has 0 bridgehead atoms. The summed E-state index contributed by atoms with van der Waals surface area (Å²) >= 11 is 0. The number of rotatable bonds is 8. The average Bonchev–Trinajstić information content (AvgIpc) is 2.62. The van der Waals surface area contributed by atoms with Gasteiger partial charge in [-0.15, -0.1) is 0 Å². The first kappa shape index (κ1) is 18.2. The molecule has 6 nitrogen and oxygen atoms in total. The van der Waals surface area contributed by atoms with E-state index in [-0.39, 0.29) is 25.3 Å². The summed E-state index contributed by atoms with van der Waals surface area (Å²) in [4.78, 5) is 22.8. The molecule has 6 heteroatoms. The highest BCUT2D eigenvalue weighted by Crippen LogP contribution is 2.08. The lowest BCUT2D eigenvalue weighted by molar-refractivity contribution is -0.136. The first-order valence-corrected chi connectivity index (χ1v) is 7.98. The smallest absolute Gasteiger partial charge is 0.303 e.